The third-order valence-electron chi connectivity index (χ3n) is 13.8. The van der Waals surface area contributed by atoms with E-state index < -0.39 is 11.8 Å². The monoisotopic (exact) mass is 659 g/mol. The second-order valence-electron chi connectivity index (χ2n) is 15.5. The summed E-state index contributed by atoms with van der Waals surface area (Å²) in [6.45, 7) is 0.126. The van der Waals surface area contributed by atoms with E-state index >= 15 is 0 Å². The Morgan fingerprint density at radius 1 is 0.569 bits per heavy atom. The number of fused-ring (bicyclic) bond motifs is 7. The van der Waals surface area contributed by atoms with Crippen LogP contribution in [0, 0.1) is 0 Å². The Labute approximate surface area is 299 Å². The van der Waals surface area contributed by atoms with Crippen LogP contribution >= 0.6 is 6.39 Å². The predicted molar refractivity (Wildman–Crippen MR) is 223 cm³/mol. The summed E-state index contributed by atoms with van der Waals surface area (Å²) in [5, 5.41) is 8.68. The average molecular weight is 659 g/mol. The Balaban J connectivity index is 1.18. The van der Waals surface area contributed by atoms with Gasteiger partial charge in [-0.05, 0) is 0 Å². The van der Waals surface area contributed by atoms with Crippen LogP contribution in [0.5, 0.6) is 0 Å². The van der Waals surface area contributed by atoms with Crippen LogP contribution in [0.1, 0.15) is 22.3 Å². The number of anilines is 1. The Bertz CT molecular complexity index is 2760. The Morgan fingerprint density at radius 2 is 1.20 bits per heavy atom. The van der Waals surface area contributed by atoms with E-state index in [0.29, 0.717) is 12.4 Å². The maximum atomic E-state index is 4.33. The number of nitrogens with zero attached hydrogens (tertiary/aromatic N) is 1. The Hall–Kier alpha value is -5.11. The standard InChI is InChI=1S/C43H29B5N2P/c1-4-15-29(16-5-1)43(30-17-6-2-7-18-30)35-22-11-12-24-37(35)45-38-28-32(51(46-44-47(51)48(46)51)49-31-19-8-3-9-20-31)27-34-33-21-10-13-25-39(33)50(42(34)38)40-26-14-23-36(43)41(40)45/h1-28,49H/q-1. The zero-order valence-electron chi connectivity index (χ0n) is 27.9. The van der Waals surface area contributed by atoms with Gasteiger partial charge in [0.25, 0.3) is 0 Å². The molecule has 0 spiro atoms. The molecule has 1 aromatic heterocycles. The van der Waals surface area contributed by atoms with Gasteiger partial charge in [-0.2, -0.15) is 0 Å². The van der Waals surface area contributed by atoms with E-state index in [0.717, 1.165) is 6.21 Å². The Morgan fingerprint density at radius 3 is 1.90 bits per heavy atom. The van der Waals surface area contributed by atoms with Gasteiger partial charge in [-0.3, -0.25) is 0 Å². The van der Waals surface area contributed by atoms with Crippen molar-refractivity contribution in [1.29, 1.82) is 0 Å². The molecule has 14 rings (SSSR count). The van der Waals surface area contributed by atoms with Crippen molar-refractivity contribution >= 4 is 88.0 Å². The van der Waals surface area contributed by atoms with Crippen molar-refractivity contribution in [2.75, 3.05) is 5.09 Å². The molecule has 4 saturated heterocycles. The second-order valence-corrected chi connectivity index (χ2v) is 20.7. The van der Waals surface area contributed by atoms with Gasteiger partial charge in [-0.25, -0.2) is 0 Å². The van der Waals surface area contributed by atoms with Crippen molar-refractivity contribution in [3.63, 3.8) is 0 Å². The van der Waals surface area contributed by atoms with Crippen molar-refractivity contribution < 1.29 is 0 Å². The number of para-hydroxylation sites is 2. The van der Waals surface area contributed by atoms with E-state index in [-0.39, 0.29) is 6.71 Å². The van der Waals surface area contributed by atoms with Gasteiger partial charge in [0.1, 0.15) is 0 Å². The minimum absolute atomic E-state index is 0.126. The Kier molecular flexibility index (Phi) is 4.88. The maximum absolute atomic E-state index is 4.33. The molecule has 0 saturated carbocycles. The fraction of sp³-hybridized carbons (Fsp3) is 0.0233. The quantitative estimate of drug-likeness (QED) is 0.168. The molecule has 0 unspecified atom stereocenters. The molecule has 51 heavy (non-hydrogen) atoms. The van der Waals surface area contributed by atoms with Crippen LogP contribution in [0.4, 0.5) is 5.69 Å². The zero-order chi connectivity index (χ0) is 33.1. The number of benzene rings is 7. The van der Waals surface area contributed by atoms with Gasteiger partial charge in [-0.15, -0.1) is 0 Å². The molecule has 0 atom stereocenters. The summed E-state index contributed by atoms with van der Waals surface area (Å²) in [5.41, 5.74) is 14.5. The summed E-state index contributed by atoms with van der Waals surface area (Å²) in [4.78, 5) is 0. The van der Waals surface area contributed by atoms with Crippen molar-refractivity contribution in [3.05, 3.63) is 192 Å². The van der Waals surface area contributed by atoms with E-state index in [1.165, 1.54) is 71.8 Å². The van der Waals surface area contributed by atoms with E-state index in [1.807, 2.05) is 0 Å². The van der Waals surface area contributed by atoms with Crippen LogP contribution in [0.15, 0.2) is 170 Å². The van der Waals surface area contributed by atoms with Crippen LogP contribution in [0.2, 0.25) is 0 Å². The average Bonchev–Trinajstić information content (AvgIpc) is 3.78. The summed E-state index contributed by atoms with van der Waals surface area (Å²) >= 11 is 0. The molecule has 2 radical (unpaired) electrons. The molecule has 6 aliphatic rings. The third-order valence-corrected chi connectivity index (χ3v) is 20.7. The minimum atomic E-state index is -2.31. The first-order valence-electron chi connectivity index (χ1n) is 18.4. The normalized spacial score (nSPS) is 18.9. The molecule has 8 aromatic rings. The summed E-state index contributed by atoms with van der Waals surface area (Å²) in [5.74, 6) is 0. The molecule has 2 bridgehead atoms. The van der Waals surface area contributed by atoms with E-state index in [4.69, 9.17) is 0 Å². The third kappa shape index (κ3) is 2.90. The molecule has 4 fully saturated rings. The summed E-state index contributed by atoms with van der Waals surface area (Å²) < 4.78 is 2.62. The SMILES string of the molecule is [B-]1B2B3B1P23(Nc1ccccc1)c1cc2c3c(c1)c1ccccc1n3-c1cccc3c1B2c1ccccc1C3(c1ccccc1)c1ccccc1. The first-order chi connectivity index (χ1) is 25.3. The van der Waals surface area contributed by atoms with Crippen LogP contribution < -0.4 is 26.8 Å². The second kappa shape index (κ2) is 9.03. The molecule has 2 nitrogen and oxygen atoms in total. The fourth-order valence-electron chi connectivity index (χ4n) is 11.6. The van der Waals surface area contributed by atoms with E-state index in [2.05, 4.69) is 187 Å². The van der Waals surface area contributed by atoms with Gasteiger partial charge in [0, 0.05) is 0 Å². The van der Waals surface area contributed by atoms with Crippen molar-refractivity contribution in [3.8, 4) is 5.69 Å². The van der Waals surface area contributed by atoms with Gasteiger partial charge in [0.15, 0.2) is 0 Å². The first-order valence-corrected chi connectivity index (χ1v) is 20.8. The van der Waals surface area contributed by atoms with Gasteiger partial charge in [-0.1, -0.05) is 0 Å². The summed E-state index contributed by atoms with van der Waals surface area (Å²) in [6.07, 6.45) is -0.0677. The topological polar surface area (TPSA) is 17.0 Å². The molecule has 0 amide bonds. The van der Waals surface area contributed by atoms with E-state index in [1.54, 1.807) is 5.30 Å². The van der Waals surface area contributed by atoms with Crippen LogP contribution in [-0.2, 0) is 5.41 Å². The van der Waals surface area contributed by atoms with Crippen molar-refractivity contribution in [1.82, 2.24) is 4.57 Å². The number of hydrogen-bond donors (Lipinski definition) is 1. The first kappa shape index (κ1) is 27.6. The molecule has 8 heteroatoms. The van der Waals surface area contributed by atoms with E-state index in [9.17, 15) is 0 Å². The molecular formula is C43H29B5N2P-. The van der Waals surface area contributed by atoms with Gasteiger partial charge < -0.3 is 0 Å². The summed E-state index contributed by atoms with van der Waals surface area (Å²) in [6, 6.07) is 64.5. The van der Waals surface area contributed by atoms with Crippen LogP contribution in [-0.4, -0.2) is 37.0 Å². The van der Waals surface area contributed by atoms with Gasteiger partial charge in [0.2, 0.25) is 0 Å². The summed E-state index contributed by atoms with van der Waals surface area (Å²) in [7, 11) is 2.65. The molecule has 1 N–H and O–H groups in total. The zero-order valence-corrected chi connectivity index (χ0v) is 28.8. The fourth-order valence-corrected chi connectivity index (χ4v) is 19.7. The molecular weight excluding hydrogens is 630 g/mol. The number of hydrogen-bond acceptors (Lipinski definition) is 1. The van der Waals surface area contributed by atoms with Crippen molar-refractivity contribution in [2.45, 2.75) is 5.41 Å². The van der Waals surface area contributed by atoms with Crippen molar-refractivity contribution in [2.24, 2.45) is 0 Å². The number of aromatic nitrogens is 1. The van der Waals surface area contributed by atoms with Gasteiger partial charge in [0.05, 0.1) is 0 Å². The molecule has 0 aliphatic carbocycles. The molecule has 7 heterocycles. The van der Waals surface area contributed by atoms with Gasteiger partial charge >= 0.3 is 301 Å². The molecule has 232 valence electrons. The number of nitrogens with one attached hydrogen (secondary N) is 1. The molecule has 7 aromatic carbocycles. The van der Waals surface area contributed by atoms with Crippen LogP contribution in [0.25, 0.3) is 27.5 Å². The number of rotatable bonds is 5. The predicted octanol–water partition coefficient (Wildman–Crippen LogP) is 6.38. The van der Waals surface area contributed by atoms with Crippen LogP contribution in [0.3, 0.4) is 0 Å². The molecule has 6 aliphatic heterocycles.